The van der Waals surface area contributed by atoms with E-state index in [0.29, 0.717) is 24.7 Å². The zero-order valence-corrected chi connectivity index (χ0v) is 27.6. The highest BCUT2D eigenvalue weighted by atomic mass is 17.3. The van der Waals surface area contributed by atoms with Crippen LogP contribution in [-0.2, 0) is 57.6 Å². The highest BCUT2D eigenvalue weighted by Crippen LogP contribution is 2.62. The molecule has 10 aliphatic rings. The lowest BCUT2D eigenvalue weighted by Crippen LogP contribution is -2.70. The molecule has 8 heterocycles. The SMILES string of the molecule is C[C@H]1[C@H](OC(=O)/C=C\C(=O)O[C@@H]2O[C@@H]3O[C@@]4(C)CC[C@H]5[C@H](C)CC[C@@H]([C@H]2C)[C@@]35OO4)O[C@@H]2O[C@@]3(C)CC[C@H]4[C@H](C)CC[C@@H]1[C@@]24OO3. The maximum Gasteiger partial charge on any atom is 0.333 e. The van der Waals surface area contributed by atoms with E-state index in [1.807, 2.05) is 27.7 Å². The van der Waals surface area contributed by atoms with Crippen LogP contribution in [0.1, 0.15) is 92.9 Å². The first-order valence-electron chi connectivity index (χ1n) is 17.4. The van der Waals surface area contributed by atoms with Gasteiger partial charge in [0.15, 0.2) is 23.8 Å². The van der Waals surface area contributed by atoms with Crippen LogP contribution in [0.25, 0.3) is 0 Å². The number of carbonyl (C=O) groups excluding carboxylic acids is 2. The third kappa shape index (κ3) is 4.61. The minimum Gasteiger partial charge on any atom is -0.432 e. The van der Waals surface area contributed by atoms with Gasteiger partial charge in [0.25, 0.3) is 0 Å². The van der Waals surface area contributed by atoms with Crippen molar-refractivity contribution in [2.75, 3.05) is 0 Å². The lowest BCUT2D eigenvalue weighted by atomic mass is 9.58. The van der Waals surface area contributed by atoms with Crippen LogP contribution in [0.2, 0.25) is 0 Å². The Balaban J connectivity index is 0.933. The Labute approximate surface area is 269 Å². The Morgan fingerprint density at radius 2 is 1.00 bits per heavy atom. The van der Waals surface area contributed by atoms with E-state index in [-0.39, 0.29) is 35.5 Å². The molecule has 10 fully saturated rings. The number of hydrogen-bond donors (Lipinski definition) is 0. The summed E-state index contributed by atoms with van der Waals surface area (Å²) < 4.78 is 36.9. The lowest BCUT2D eigenvalue weighted by Gasteiger charge is -2.59. The predicted octanol–water partition coefficient (Wildman–Crippen LogP) is 5.05. The van der Waals surface area contributed by atoms with Gasteiger partial charge in [-0.2, -0.15) is 0 Å². The van der Waals surface area contributed by atoms with Gasteiger partial charge < -0.3 is 28.4 Å². The van der Waals surface area contributed by atoms with Crippen molar-refractivity contribution < 1.29 is 57.6 Å². The molecule has 2 aliphatic carbocycles. The smallest absolute Gasteiger partial charge is 0.333 e. The second kappa shape index (κ2) is 10.9. The minimum atomic E-state index is -0.927. The number of carbonyl (C=O) groups is 2. The molecule has 0 radical (unpaired) electrons. The second-order valence-electron chi connectivity index (χ2n) is 15.8. The molecular formula is C34H48O12. The van der Waals surface area contributed by atoms with Crippen LogP contribution >= 0.6 is 0 Å². The van der Waals surface area contributed by atoms with Gasteiger partial charge in [-0.25, -0.2) is 29.1 Å². The Morgan fingerprint density at radius 3 is 1.41 bits per heavy atom. The summed E-state index contributed by atoms with van der Waals surface area (Å²) in [6.07, 6.45) is 5.96. The van der Waals surface area contributed by atoms with Crippen LogP contribution in [0, 0.1) is 47.3 Å². The van der Waals surface area contributed by atoms with E-state index in [9.17, 15) is 9.59 Å². The minimum absolute atomic E-state index is 0.00978. The summed E-state index contributed by atoms with van der Waals surface area (Å²) in [6, 6.07) is 0. The van der Waals surface area contributed by atoms with Gasteiger partial charge >= 0.3 is 11.9 Å². The highest BCUT2D eigenvalue weighted by molar-refractivity contribution is 5.91. The van der Waals surface area contributed by atoms with Gasteiger partial charge in [-0.05, 0) is 76.0 Å². The van der Waals surface area contributed by atoms with Crippen molar-refractivity contribution in [2.24, 2.45) is 47.3 Å². The molecule has 46 heavy (non-hydrogen) atoms. The summed E-state index contributed by atoms with van der Waals surface area (Å²) in [4.78, 5) is 50.1. The highest BCUT2D eigenvalue weighted by Gasteiger charge is 2.71. The monoisotopic (exact) mass is 648 g/mol. The second-order valence-corrected chi connectivity index (χ2v) is 15.8. The lowest BCUT2D eigenvalue weighted by molar-refractivity contribution is -0.576. The molecule has 0 amide bonds. The molecule has 16 atom stereocenters. The fraction of sp³-hybridized carbons (Fsp3) is 0.882. The van der Waals surface area contributed by atoms with Gasteiger partial charge in [0.2, 0.25) is 24.2 Å². The van der Waals surface area contributed by atoms with Crippen molar-refractivity contribution >= 4 is 11.9 Å². The number of esters is 2. The Bertz CT molecular complexity index is 1180. The molecule has 0 aromatic carbocycles. The molecule has 12 heteroatoms. The van der Waals surface area contributed by atoms with Gasteiger partial charge in [0, 0.05) is 48.7 Å². The van der Waals surface area contributed by atoms with Crippen LogP contribution in [0.5, 0.6) is 0 Å². The van der Waals surface area contributed by atoms with Crippen LogP contribution in [0.4, 0.5) is 0 Å². The van der Waals surface area contributed by atoms with Crippen LogP contribution in [-0.4, -0.2) is 59.9 Å². The number of rotatable bonds is 4. The van der Waals surface area contributed by atoms with Crippen molar-refractivity contribution in [3.05, 3.63) is 12.2 Å². The molecule has 8 saturated heterocycles. The van der Waals surface area contributed by atoms with Crippen molar-refractivity contribution in [1.29, 1.82) is 0 Å². The molecule has 0 unspecified atom stereocenters. The normalized spacial score (nSPS) is 55.5. The van der Waals surface area contributed by atoms with E-state index >= 15 is 0 Å². The summed E-state index contributed by atoms with van der Waals surface area (Å²) in [6.45, 7) is 12.2. The Kier molecular flexibility index (Phi) is 7.51. The van der Waals surface area contributed by atoms with Crippen molar-refractivity contribution in [3.8, 4) is 0 Å². The van der Waals surface area contributed by atoms with Gasteiger partial charge in [-0.1, -0.05) is 27.7 Å². The molecule has 2 spiro atoms. The van der Waals surface area contributed by atoms with E-state index in [4.69, 9.17) is 48.0 Å². The average Bonchev–Trinajstić information content (AvgIpc) is 3.39. The fourth-order valence-corrected chi connectivity index (χ4v) is 10.5. The zero-order valence-electron chi connectivity index (χ0n) is 27.6. The van der Waals surface area contributed by atoms with Crippen molar-refractivity contribution in [2.45, 2.75) is 141 Å². The molecule has 10 rings (SSSR count). The van der Waals surface area contributed by atoms with Gasteiger partial charge in [0.1, 0.15) is 0 Å². The average molecular weight is 649 g/mol. The molecule has 256 valence electrons. The first-order valence-corrected chi connectivity index (χ1v) is 17.4. The fourth-order valence-electron chi connectivity index (χ4n) is 10.5. The molecule has 12 nitrogen and oxygen atoms in total. The maximum atomic E-state index is 13.0. The number of hydrogen-bond acceptors (Lipinski definition) is 12. The third-order valence-electron chi connectivity index (χ3n) is 13.0. The van der Waals surface area contributed by atoms with Crippen LogP contribution in [0.3, 0.4) is 0 Å². The van der Waals surface area contributed by atoms with E-state index < -0.39 is 59.9 Å². The summed E-state index contributed by atoms with van der Waals surface area (Å²) in [5, 5.41) is 0. The summed E-state index contributed by atoms with van der Waals surface area (Å²) in [5.41, 5.74) is -1.51. The molecule has 2 saturated carbocycles. The quantitative estimate of drug-likeness (QED) is 0.230. The van der Waals surface area contributed by atoms with Gasteiger partial charge in [-0.15, -0.1) is 0 Å². The van der Waals surface area contributed by atoms with E-state index in [2.05, 4.69) is 13.8 Å². The summed E-state index contributed by atoms with van der Waals surface area (Å²) in [5.74, 6) is -2.36. The first-order chi connectivity index (χ1) is 21.9. The van der Waals surface area contributed by atoms with Crippen molar-refractivity contribution in [1.82, 2.24) is 0 Å². The van der Waals surface area contributed by atoms with E-state index in [1.165, 1.54) is 0 Å². The maximum absolute atomic E-state index is 13.0. The van der Waals surface area contributed by atoms with Crippen LogP contribution in [0.15, 0.2) is 12.2 Å². The number of fused-ring (bicyclic) bond motifs is 4. The molecule has 0 N–H and O–H groups in total. The number of ether oxygens (including phenoxy) is 6. The topological polar surface area (TPSA) is 126 Å². The Morgan fingerprint density at radius 1 is 0.587 bits per heavy atom. The van der Waals surface area contributed by atoms with Gasteiger partial charge in [0.05, 0.1) is 0 Å². The molecule has 4 bridgehead atoms. The molecule has 0 aromatic heterocycles. The predicted molar refractivity (Wildman–Crippen MR) is 155 cm³/mol. The van der Waals surface area contributed by atoms with Crippen LogP contribution < -0.4 is 0 Å². The molecular weight excluding hydrogens is 600 g/mol. The summed E-state index contributed by atoms with van der Waals surface area (Å²) in [7, 11) is 0. The summed E-state index contributed by atoms with van der Waals surface area (Å²) >= 11 is 0. The first kappa shape index (κ1) is 31.6. The Hall–Kier alpha value is -1.64. The third-order valence-corrected chi connectivity index (χ3v) is 13.0. The van der Waals surface area contributed by atoms with E-state index in [0.717, 1.165) is 50.7 Å². The standard InChI is InChI=1S/C34H48O12/c1-17-7-9-23-19(3)27(39-29-33(23)21(17)13-15-31(5,41-29)43-45-33)37-25(35)11-12-26(36)38-28-20(4)24-10-8-18(2)22-14-16-32(6)42-30(40-28)34(22,24)46-44-32/h11-12,17-24,27-30H,7-10,13-16H2,1-6H3/b12-11-/t17-,18-,19-,20-,21+,22+,23+,24+,27-,28-,29-,30-,31-,32-,33-,34-/m1/s1. The van der Waals surface area contributed by atoms with E-state index in [1.54, 1.807) is 0 Å². The van der Waals surface area contributed by atoms with Gasteiger partial charge in [-0.3, -0.25) is 0 Å². The largest absolute Gasteiger partial charge is 0.432 e. The molecule has 0 aromatic rings. The van der Waals surface area contributed by atoms with Crippen molar-refractivity contribution in [3.63, 3.8) is 0 Å². The molecule has 8 aliphatic heterocycles. The zero-order chi connectivity index (χ0) is 32.2.